The summed E-state index contributed by atoms with van der Waals surface area (Å²) in [6.45, 7) is 2.31. The summed E-state index contributed by atoms with van der Waals surface area (Å²) in [5.41, 5.74) is 0.366. The zero-order chi connectivity index (χ0) is 17.6. The maximum atomic E-state index is 12.7. The third-order valence-electron chi connectivity index (χ3n) is 4.71. The van der Waals surface area contributed by atoms with Crippen LogP contribution in [-0.2, 0) is 0 Å². The highest BCUT2D eigenvalue weighted by molar-refractivity contribution is 5.96. The molecule has 0 saturated heterocycles. The molecule has 2 fully saturated rings. The number of aromatic nitrogens is 2. The first-order valence-corrected chi connectivity index (χ1v) is 9.41. The summed E-state index contributed by atoms with van der Waals surface area (Å²) in [4.78, 5) is 21.3. The monoisotopic (exact) mass is 348 g/mol. The van der Waals surface area contributed by atoms with Crippen molar-refractivity contribution in [3.05, 3.63) is 11.8 Å². The van der Waals surface area contributed by atoms with Crippen LogP contribution in [0.5, 0.6) is 5.88 Å². The number of ether oxygens (including phenoxy) is 1. The molecule has 138 valence electrons. The Hall–Kier alpha value is -1.89. The van der Waals surface area contributed by atoms with Gasteiger partial charge in [-0.15, -0.1) is 0 Å². The van der Waals surface area contributed by atoms with Crippen molar-refractivity contribution in [3.63, 3.8) is 0 Å². The van der Waals surface area contributed by atoms with Crippen molar-refractivity contribution in [1.29, 1.82) is 0 Å². The number of amides is 1. The Bertz CT molecular complexity index is 592. The molecule has 1 aromatic heterocycles. The van der Waals surface area contributed by atoms with Crippen molar-refractivity contribution in [1.82, 2.24) is 15.3 Å². The van der Waals surface area contributed by atoms with Gasteiger partial charge in [-0.1, -0.05) is 12.8 Å². The molecule has 0 aromatic carbocycles. The van der Waals surface area contributed by atoms with E-state index in [1.165, 1.54) is 6.20 Å². The number of hydrogen-bond acceptors (Lipinski definition) is 6. The number of hydrogen-bond donors (Lipinski definition) is 3. The predicted molar refractivity (Wildman–Crippen MR) is 94.8 cm³/mol. The minimum absolute atomic E-state index is 0.0705. The van der Waals surface area contributed by atoms with Gasteiger partial charge in [-0.3, -0.25) is 4.79 Å². The molecule has 3 N–H and O–H groups in total. The molecule has 1 heterocycles. The van der Waals surface area contributed by atoms with Gasteiger partial charge in [0.1, 0.15) is 5.56 Å². The van der Waals surface area contributed by atoms with E-state index in [9.17, 15) is 9.90 Å². The molecule has 3 rings (SSSR count). The molecule has 0 unspecified atom stereocenters. The zero-order valence-corrected chi connectivity index (χ0v) is 14.8. The molecule has 1 aromatic rings. The van der Waals surface area contributed by atoms with Crippen molar-refractivity contribution < 1.29 is 14.6 Å². The second-order valence-electron chi connectivity index (χ2n) is 6.95. The number of anilines is 1. The maximum Gasteiger partial charge on any atom is 0.258 e. The standard InChI is InChI=1S/C18H28N4O3/c1-2-25-17-15(11-19-18(22-17)21-13-7-8-13)16(24)20-12-5-3-4-6-14(23)10-9-12/h11-14,23H,2-10H2,1H3,(H,20,24)(H,19,21,22)/t12-,14+/m1/s1. The van der Waals surface area contributed by atoms with Crippen LogP contribution in [0.1, 0.15) is 68.6 Å². The molecule has 2 saturated carbocycles. The Kier molecular flexibility index (Phi) is 6.07. The van der Waals surface area contributed by atoms with Crippen LogP contribution in [0, 0.1) is 0 Å². The van der Waals surface area contributed by atoms with Gasteiger partial charge < -0.3 is 20.5 Å². The highest BCUT2D eigenvalue weighted by atomic mass is 16.5. The van der Waals surface area contributed by atoms with Crippen molar-refractivity contribution in [2.24, 2.45) is 0 Å². The van der Waals surface area contributed by atoms with Gasteiger partial charge in [0, 0.05) is 18.3 Å². The zero-order valence-electron chi connectivity index (χ0n) is 14.8. The lowest BCUT2D eigenvalue weighted by Crippen LogP contribution is -2.36. The summed E-state index contributed by atoms with van der Waals surface area (Å²) in [5, 5.41) is 16.1. The largest absolute Gasteiger partial charge is 0.477 e. The van der Waals surface area contributed by atoms with Gasteiger partial charge in [-0.2, -0.15) is 4.98 Å². The van der Waals surface area contributed by atoms with Crippen molar-refractivity contribution in [3.8, 4) is 5.88 Å². The topological polar surface area (TPSA) is 96.4 Å². The fourth-order valence-corrected chi connectivity index (χ4v) is 3.11. The van der Waals surface area contributed by atoms with Gasteiger partial charge in [0.25, 0.3) is 5.91 Å². The van der Waals surface area contributed by atoms with E-state index in [1.807, 2.05) is 6.92 Å². The van der Waals surface area contributed by atoms with E-state index in [0.717, 1.165) is 51.4 Å². The summed E-state index contributed by atoms with van der Waals surface area (Å²) in [5.74, 6) is 0.627. The van der Waals surface area contributed by atoms with E-state index < -0.39 is 0 Å². The van der Waals surface area contributed by atoms with Crippen LogP contribution in [-0.4, -0.2) is 45.8 Å². The van der Waals surface area contributed by atoms with E-state index in [4.69, 9.17) is 4.74 Å². The first kappa shape index (κ1) is 17.9. The fourth-order valence-electron chi connectivity index (χ4n) is 3.11. The van der Waals surface area contributed by atoms with Gasteiger partial charge >= 0.3 is 0 Å². The molecule has 7 heteroatoms. The second kappa shape index (κ2) is 8.47. The molecular weight excluding hydrogens is 320 g/mol. The third kappa shape index (κ3) is 5.29. The first-order chi connectivity index (χ1) is 12.2. The Morgan fingerprint density at radius 3 is 2.72 bits per heavy atom. The lowest BCUT2D eigenvalue weighted by Gasteiger charge is -2.23. The van der Waals surface area contributed by atoms with Crippen molar-refractivity contribution in [2.75, 3.05) is 11.9 Å². The number of rotatable bonds is 6. The highest BCUT2D eigenvalue weighted by Crippen LogP contribution is 2.25. The van der Waals surface area contributed by atoms with Gasteiger partial charge in [0.05, 0.1) is 12.7 Å². The van der Waals surface area contributed by atoms with Crippen LogP contribution >= 0.6 is 0 Å². The number of aliphatic hydroxyl groups is 1. The Labute approximate surface area is 148 Å². The summed E-state index contributed by atoms with van der Waals surface area (Å²) in [6.07, 6.45) is 8.87. The SMILES string of the molecule is CCOc1nc(NC2CC2)ncc1C(=O)N[C@@H]1CCCC[C@H](O)CC1. The van der Waals surface area contributed by atoms with Crippen LogP contribution in [0.2, 0.25) is 0 Å². The van der Waals surface area contributed by atoms with E-state index >= 15 is 0 Å². The van der Waals surface area contributed by atoms with E-state index in [2.05, 4.69) is 20.6 Å². The number of carbonyl (C=O) groups is 1. The number of aliphatic hydroxyl groups excluding tert-OH is 1. The average molecular weight is 348 g/mol. The van der Waals surface area contributed by atoms with Gasteiger partial charge in [0.2, 0.25) is 11.8 Å². The Balaban J connectivity index is 1.66. The van der Waals surface area contributed by atoms with Crippen LogP contribution in [0.3, 0.4) is 0 Å². The van der Waals surface area contributed by atoms with Crippen LogP contribution < -0.4 is 15.4 Å². The van der Waals surface area contributed by atoms with E-state index in [0.29, 0.717) is 30.0 Å². The van der Waals surface area contributed by atoms with Crippen molar-refractivity contribution in [2.45, 2.75) is 76.5 Å². The molecule has 0 radical (unpaired) electrons. The number of carbonyl (C=O) groups excluding carboxylic acids is 1. The van der Waals surface area contributed by atoms with Crippen molar-refractivity contribution >= 4 is 11.9 Å². The second-order valence-corrected chi connectivity index (χ2v) is 6.95. The highest BCUT2D eigenvalue weighted by Gasteiger charge is 2.24. The summed E-state index contributed by atoms with van der Waals surface area (Å²) >= 11 is 0. The molecule has 2 aliphatic rings. The lowest BCUT2D eigenvalue weighted by atomic mass is 9.95. The molecule has 2 atom stereocenters. The molecule has 0 aliphatic heterocycles. The average Bonchev–Trinajstić information content (AvgIpc) is 3.38. The Morgan fingerprint density at radius 1 is 1.20 bits per heavy atom. The minimum Gasteiger partial charge on any atom is -0.477 e. The summed E-state index contributed by atoms with van der Waals surface area (Å²) < 4.78 is 5.56. The molecular formula is C18H28N4O3. The molecule has 2 aliphatic carbocycles. The molecule has 7 nitrogen and oxygen atoms in total. The molecule has 1 amide bonds. The Morgan fingerprint density at radius 2 is 1.96 bits per heavy atom. The molecule has 0 spiro atoms. The fraction of sp³-hybridized carbons (Fsp3) is 0.722. The quantitative estimate of drug-likeness (QED) is 0.730. The third-order valence-corrected chi connectivity index (χ3v) is 4.71. The van der Waals surface area contributed by atoms with Gasteiger partial charge in [-0.25, -0.2) is 4.98 Å². The summed E-state index contributed by atoms with van der Waals surface area (Å²) in [6, 6.07) is 0.511. The van der Waals surface area contributed by atoms with Gasteiger partial charge in [0.15, 0.2) is 0 Å². The van der Waals surface area contributed by atoms with Crippen LogP contribution in [0.25, 0.3) is 0 Å². The van der Waals surface area contributed by atoms with Crippen LogP contribution in [0.15, 0.2) is 6.20 Å². The maximum absolute atomic E-state index is 12.7. The number of nitrogens with zero attached hydrogens (tertiary/aromatic N) is 2. The molecule has 25 heavy (non-hydrogen) atoms. The molecule has 0 bridgehead atoms. The normalized spacial score (nSPS) is 24.1. The predicted octanol–water partition coefficient (Wildman–Crippen LogP) is 2.26. The lowest BCUT2D eigenvalue weighted by molar-refractivity contribution is 0.0905. The van der Waals surface area contributed by atoms with E-state index in [-0.39, 0.29) is 18.1 Å². The summed E-state index contributed by atoms with van der Waals surface area (Å²) in [7, 11) is 0. The van der Waals surface area contributed by atoms with Crippen LogP contribution in [0.4, 0.5) is 5.95 Å². The first-order valence-electron chi connectivity index (χ1n) is 9.41. The smallest absolute Gasteiger partial charge is 0.258 e. The number of nitrogens with one attached hydrogen (secondary N) is 2. The van der Waals surface area contributed by atoms with Gasteiger partial charge in [-0.05, 0) is 45.4 Å². The minimum atomic E-state index is -0.255. The van der Waals surface area contributed by atoms with E-state index in [1.54, 1.807) is 0 Å².